The maximum absolute atomic E-state index is 8.78. The third kappa shape index (κ3) is 5.72. The Labute approximate surface area is 202 Å². The maximum Gasteiger partial charge on any atom is 0.137 e. The van der Waals surface area contributed by atoms with Gasteiger partial charge in [0.25, 0.3) is 0 Å². The SMILES string of the molecule is C=C1C=C(C(=N)Cc2cccc(C)c2C)C(C)=CN=C1Nc1ccc(OC2CCNCC2)cc1. The van der Waals surface area contributed by atoms with E-state index >= 15 is 0 Å². The Kier molecular flexibility index (Phi) is 7.43. The normalized spacial score (nSPS) is 16.8. The van der Waals surface area contributed by atoms with E-state index in [1.807, 2.05) is 43.5 Å². The molecule has 4 rings (SSSR count). The lowest BCUT2D eigenvalue weighted by molar-refractivity contribution is 0.162. The van der Waals surface area contributed by atoms with E-state index in [1.165, 1.54) is 16.7 Å². The van der Waals surface area contributed by atoms with Crippen molar-refractivity contribution in [1.29, 1.82) is 5.41 Å². The molecule has 1 saturated heterocycles. The van der Waals surface area contributed by atoms with Crippen LogP contribution in [0.3, 0.4) is 0 Å². The summed E-state index contributed by atoms with van der Waals surface area (Å²) in [5, 5.41) is 15.5. The minimum atomic E-state index is 0.279. The molecule has 3 N–H and O–H groups in total. The molecule has 2 aromatic rings. The number of hydrogen-bond donors (Lipinski definition) is 3. The Bertz CT molecular complexity index is 1170. The van der Waals surface area contributed by atoms with E-state index in [9.17, 15) is 0 Å². The number of benzene rings is 2. The number of ether oxygens (including phenoxy) is 1. The minimum absolute atomic E-state index is 0.279. The van der Waals surface area contributed by atoms with Gasteiger partial charge in [-0.15, -0.1) is 0 Å². The van der Waals surface area contributed by atoms with Crippen LogP contribution in [0.15, 0.2) is 83.0 Å². The first kappa shape index (κ1) is 23.7. The summed E-state index contributed by atoms with van der Waals surface area (Å²) in [6.07, 6.45) is 6.72. The number of hydrogen-bond acceptors (Lipinski definition) is 5. The predicted molar refractivity (Wildman–Crippen MR) is 142 cm³/mol. The van der Waals surface area contributed by atoms with E-state index in [0.717, 1.165) is 54.1 Å². The molecule has 0 unspecified atom stereocenters. The molecule has 2 aliphatic heterocycles. The second kappa shape index (κ2) is 10.7. The fourth-order valence-electron chi connectivity index (χ4n) is 4.26. The Hall–Kier alpha value is -3.44. The highest BCUT2D eigenvalue weighted by Crippen LogP contribution is 2.24. The van der Waals surface area contributed by atoms with Crippen LogP contribution >= 0.6 is 0 Å². The minimum Gasteiger partial charge on any atom is -0.490 e. The van der Waals surface area contributed by atoms with Crippen molar-refractivity contribution >= 4 is 17.2 Å². The third-order valence-electron chi connectivity index (χ3n) is 6.55. The van der Waals surface area contributed by atoms with E-state index < -0.39 is 0 Å². The van der Waals surface area contributed by atoms with Crippen LogP contribution in [-0.4, -0.2) is 30.7 Å². The molecule has 2 aliphatic rings. The second-order valence-electron chi connectivity index (χ2n) is 9.10. The molecule has 0 aromatic heterocycles. The van der Waals surface area contributed by atoms with Gasteiger partial charge >= 0.3 is 0 Å². The first-order chi connectivity index (χ1) is 16.4. The highest BCUT2D eigenvalue weighted by atomic mass is 16.5. The van der Waals surface area contributed by atoms with Gasteiger partial charge in [-0.3, -0.25) is 0 Å². The number of anilines is 1. The Morgan fingerprint density at radius 2 is 1.85 bits per heavy atom. The molecule has 0 amide bonds. The summed E-state index contributed by atoms with van der Waals surface area (Å²) in [6, 6.07) is 14.3. The van der Waals surface area contributed by atoms with Gasteiger partial charge < -0.3 is 20.8 Å². The van der Waals surface area contributed by atoms with E-state index in [-0.39, 0.29) is 6.10 Å². The molecular weight excluding hydrogens is 420 g/mol. The lowest BCUT2D eigenvalue weighted by Crippen LogP contribution is -2.34. The molecule has 0 spiro atoms. The van der Waals surface area contributed by atoms with Gasteiger partial charge in [-0.1, -0.05) is 24.8 Å². The zero-order chi connectivity index (χ0) is 24.1. The number of aliphatic imine (C=N–C) groups is 1. The van der Waals surface area contributed by atoms with Crippen molar-refractivity contribution < 1.29 is 4.74 Å². The van der Waals surface area contributed by atoms with Gasteiger partial charge in [-0.05, 0) is 99.3 Å². The zero-order valence-corrected chi connectivity index (χ0v) is 20.4. The van der Waals surface area contributed by atoms with Gasteiger partial charge in [0, 0.05) is 35.2 Å². The van der Waals surface area contributed by atoms with Gasteiger partial charge in [0.1, 0.15) is 17.7 Å². The maximum atomic E-state index is 8.78. The van der Waals surface area contributed by atoms with Crippen LogP contribution in [0.1, 0.15) is 36.5 Å². The van der Waals surface area contributed by atoms with Crippen LogP contribution in [0.4, 0.5) is 5.69 Å². The summed E-state index contributed by atoms with van der Waals surface area (Å²) in [6.45, 7) is 12.5. The molecule has 1 fully saturated rings. The molecule has 0 saturated carbocycles. The topological polar surface area (TPSA) is 69.5 Å². The van der Waals surface area contributed by atoms with Gasteiger partial charge in [-0.25, -0.2) is 4.99 Å². The monoisotopic (exact) mass is 454 g/mol. The first-order valence-electron chi connectivity index (χ1n) is 11.9. The number of aryl methyl sites for hydroxylation is 1. The fourth-order valence-corrected chi connectivity index (χ4v) is 4.26. The summed E-state index contributed by atoms with van der Waals surface area (Å²) >= 11 is 0. The second-order valence-corrected chi connectivity index (χ2v) is 9.10. The van der Waals surface area contributed by atoms with E-state index in [1.54, 1.807) is 0 Å². The van der Waals surface area contributed by atoms with E-state index in [4.69, 9.17) is 10.1 Å². The molecule has 0 bridgehead atoms. The fraction of sp³-hybridized carbons (Fsp3) is 0.310. The van der Waals surface area contributed by atoms with Crippen molar-refractivity contribution in [1.82, 2.24) is 5.32 Å². The molecule has 2 aromatic carbocycles. The predicted octanol–water partition coefficient (Wildman–Crippen LogP) is 5.91. The summed E-state index contributed by atoms with van der Waals surface area (Å²) in [4.78, 5) is 4.62. The number of piperidine rings is 1. The van der Waals surface area contributed by atoms with Crippen molar-refractivity contribution in [2.75, 3.05) is 18.4 Å². The molecular formula is C29H34N4O. The van der Waals surface area contributed by atoms with Crippen LogP contribution < -0.4 is 15.4 Å². The smallest absolute Gasteiger partial charge is 0.137 e. The quantitative estimate of drug-likeness (QED) is 0.476. The van der Waals surface area contributed by atoms with Gasteiger partial charge in [0.15, 0.2) is 0 Å². The van der Waals surface area contributed by atoms with Crippen molar-refractivity contribution in [3.8, 4) is 5.75 Å². The molecule has 0 radical (unpaired) electrons. The van der Waals surface area contributed by atoms with Crippen molar-refractivity contribution in [3.63, 3.8) is 0 Å². The van der Waals surface area contributed by atoms with E-state index in [2.05, 4.69) is 54.3 Å². The van der Waals surface area contributed by atoms with Crippen LogP contribution in [0.25, 0.3) is 0 Å². The number of allylic oxidation sites excluding steroid dienone is 2. The van der Waals surface area contributed by atoms with Crippen LogP contribution in [0.5, 0.6) is 5.75 Å². The largest absolute Gasteiger partial charge is 0.490 e. The highest BCUT2D eigenvalue weighted by molar-refractivity contribution is 6.13. The molecule has 5 heteroatoms. The molecule has 176 valence electrons. The first-order valence-corrected chi connectivity index (χ1v) is 11.9. The van der Waals surface area contributed by atoms with E-state index in [0.29, 0.717) is 18.0 Å². The summed E-state index contributed by atoms with van der Waals surface area (Å²) < 4.78 is 6.10. The highest BCUT2D eigenvalue weighted by Gasteiger charge is 2.16. The lowest BCUT2D eigenvalue weighted by atomic mass is 9.93. The van der Waals surface area contributed by atoms with Crippen molar-refractivity contribution in [2.24, 2.45) is 4.99 Å². The lowest BCUT2D eigenvalue weighted by Gasteiger charge is -2.23. The molecule has 0 aliphatic carbocycles. The van der Waals surface area contributed by atoms with Crippen molar-refractivity contribution in [3.05, 3.63) is 94.7 Å². The molecule has 34 heavy (non-hydrogen) atoms. The number of amidine groups is 1. The molecule has 0 atom stereocenters. The summed E-state index contributed by atoms with van der Waals surface area (Å²) in [5.74, 6) is 1.57. The molecule has 5 nitrogen and oxygen atoms in total. The number of nitrogens with zero attached hydrogens (tertiary/aromatic N) is 1. The summed E-state index contributed by atoms with van der Waals surface area (Å²) in [5.41, 5.74) is 7.75. The Morgan fingerprint density at radius 1 is 1.12 bits per heavy atom. The number of rotatable bonds is 6. The third-order valence-corrected chi connectivity index (χ3v) is 6.55. The van der Waals surface area contributed by atoms with Crippen LogP contribution in [-0.2, 0) is 6.42 Å². The average Bonchev–Trinajstić information content (AvgIpc) is 2.97. The van der Waals surface area contributed by atoms with Crippen LogP contribution in [0, 0.1) is 19.3 Å². The van der Waals surface area contributed by atoms with Crippen LogP contribution in [0.2, 0.25) is 0 Å². The van der Waals surface area contributed by atoms with Crippen molar-refractivity contribution in [2.45, 2.75) is 46.1 Å². The Morgan fingerprint density at radius 3 is 2.59 bits per heavy atom. The average molecular weight is 455 g/mol. The number of nitrogens with one attached hydrogen (secondary N) is 3. The summed E-state index contributed by atoms with van der Waals surface area (Å²) in [7, 11) is 0. The van der Waals surface area contributed by atoms with Gasteiger partial charge in [-0.2, -0.15) is 0 Å². The standard InChI is InChI=1S/C29H34N4O/c1-19-6-5-7-23(22(19)4)17-28(30)27-16-20(2)29(32-18-21(27)3)33-24-8-10-25(11-9-24)34-26-12-14-31-15-13-26/h5-11,16,18,26,30-31H,2,12-15,17H2,1,3-4H3,(H,32,33). The zero-order valence-electron chi connectivity index (χ0n) is 20.4. The van der Waals surface area contributed by atoms with Gasteiger partial charge in [0.05, 0.1) is 0 Å². The van der Waals surface area contributed by atoms with Gasteiger partial charge in [0.2, 0.25) is 0 Å². The Balaban J connectivity index is 1.43. The molecule has 2 heterocycles.